The fourth-order valence-electron chi connectivity index (χ4n) is 7.78. The van der Waals surface area contributed by atoms with Gasteiger partial charge < -0.3 is 34.0 Å². The number of benzene rings is 3. The molecule has 2 fully saturated rings. The van der Waals surface area contributed by atoms with Crippen LogP contribution >= 0.6 is 11.6 Å². The average molecular weight is 693 g/mol. The Balaban J connectivity index is 1.33. The predicted octanol–water partition coefficient (Wildman–Crippen LogP) is 5.01. The minimum Gasteiger partial charge on any atom is -0.395 e. The highest BCUT2D eigenvalue weighted by molar-refractivity contribution is 6.72. The number of piperazine rings is 1. The molecule has 4 atom stereocenters. The smallest absolute Gasteiger partial charge is 0.264 e. The lowest BCUT2D eigenvalue weighted by Gasteiger charge is -2.31. The first-order chi connectivity index (χ1) is 22.9. The SMILES string of the molecule is C[C@H]1[C@H]([Si](C)(C)F)[C@@H](CC(=O)N(CCO)Cc2ccccc2)O[C@]12C(=O)N(Cc1cccc(N3CCNCC3=O)c1)c1ccc(Cl)cc12. The van der Waals surface area contributed by atoms with Crippen molar-refractivity contribution in [3.8, 4) is 0 Å². The highest BCUT2D eigenvalue weighted by Gasteiger charge is 2.67. The van der Waals surface area contributed by atoms with Gasteiger partial charge in [0.1, 0.15) is 0 Å². The van der Waals surface area contributed by atoms with E-state index in [0.717, 1.165) is 16.8 Å². The molecule has 9 nitrogen and oxygen atoms in total. The zero-order chi connectivity index (χ0) is 34.2. The maximum atomic E-state index is 16.4. The van der Waals surface area contributed by atoms with Gasteiger partial charge in [-0.05, 0) is 54.6 Å². The zero-order valence-corrected chi connectivity index (χ0v) is 29.3. The number of nitrogens with zero attached hydrogens (tertiary/aromatic N) is 3. The molecule has 2 saturated heterocycles. The highest BCUT2D eigenvalue weighted by atomic mass is 35.5. The van der Waals surface area contributed by atoms with E-state index in [4.69, 9.17) is 16.3 Å². The molecule has 3 heterocycles. The summed E-state index contributed by atoms with van der Waals surface area (Å²) in [5.41, 5.74) is 1.45. The van der Waals surface area contributed by atoms with Crippen LogP contribution in [0.2, 0.25) is 23.7 Å². The van der Waals surface area contributed by atoms with Gasteiger partial charge in [-0.2, -0.15) is 0 Å². The molecule has 3 aromatic carbocycles. The average Bonchev–Trinajstić information content (AvgIpc) is 3.47. The van der Waals surface area contributed by atoms with E-state index in [1.54, 1.807) is 46.0 Å². The van der Waals surface area contributed by atoms with E-state index in [9.17, 15) is 19.5 Å². The third-order valence-corrected chi connectivity index (χ3v) is 12.6. The monoisotopic (exact) mass is 692 g/mol. The van der Waals surface area contributed by atoms with Crippen LogP contribution in [0.15, 0.2) is 72.8 Å². The van der Waals surface area contributed by atoms with E-state index in [0.29, 0.717) is 35.9 Å². The number of aliphatic hydroxyl groups excluding tert-OH is 1. The maximum absolute atomic E-state index is 16.4. The fraction of sp³-hybridized carbons (Fsp3) is 0.417. The highest BCUT2D eigenvalue weighted by Crippen LogP contribution is 2.60. The zero-order valence-electron chi connectivity index (χ0n) is 27.5. The van der Waals surface area contributed by atoms with Gasteiger partial charge in [0.2, 0.25) is 20.2 Å². The normalized spacial score (nSPS) is 24.0. The van der Waals surface area contributed by atoms with Crippen molar-refractivity contribution >= 4 is 49.1 Å². The quantitative estimate of drug-likeness (QED) is 0.229. The van der Waals surface area contributed by atoms with Crippen LogP contribution in [0.5, 0.6) is 0 Å². The van der Waals surface area contributed by atoms with Crippen molar-refractivity contribution in [2.45, 2.75) is 56.8 Å². The summed E-state index contributed by atoms with van der Waals surface area (Å²) in [6, 6.07) is 22.3. The molecule has 3 aromatic rings. The summed E-state index contributed by atoms with van der Waals surface area (Å²) >= 11 is 6.53. The Kier molecular flexibility index (Phi) is 9.79. The number of nitrogens with one attached hydrogen (secondary N) is 1. The minimum absolute atomic E-state index is 0.0197. The molecular weight excluding hydrogens is 651 g/mol. The lowest BCUT2D eigenvalue weighted by Crippen LogP contribution is -2.48. The molecule has 1 spiro atoms. The third-order valence-electron chi connectivity index (χ3n) is 9.89. The Morgan fingerprint density at radius 3 is 2.56 bits per heavy atom. The second-order valence-corrected chi connectivity index (χ2v) is 17.7. The van der Waals surface area contributed by atoms with Crippen molar-refractivity contribution in [1.82, 2.24) is 10.2 Å². The fourth-order valence-corrected chi connectivity index (χ4v) is 10.4. The maximum Gasteiger partial charge on any atom is 0.264 e. The summed E-state index contributed by atoms with van der Waals surface area (Å²) in [6.07, 6.45) is -0.998. The standard InChI is InChI=1S/C36H42ClFN4O5Si/c1-24-34(48(2,3)38)31(20-32(44)40(16-17-43)22-25-8-5-4-6-9-25)47-36(24)29-19-27(37)12-13-30(29)42(35(36)46)23-26-10-7-11-28(18-26)41-15-14-39-21-33(41)45/h4-13,18-19,24,31,34,39,43H,14-17,20-23H2,1-3H3/t24-,31+,34-,36+/m0/s1. The first-order valence-corrected chi connectivity index (χ1v) is 19.8. The number of hydrogen-bond donors (Lipinski definition) is 2. The van der Waals surface area contributed by atoms with Crippen LogP contribution in [-0.2, 0) is 37.8 Å². The Labute approximate surface area is 286 Å². The van der Waals surface area contributed by atoms with Crippen LogP contribution in [0.25, 0.3) is 0 Å². The number of halogens is 2. The number of rotatable bonds is 10. The molecule has 0 bridgehead atoms. The molecule has 48 heavy (non-hydrogen) atoms. The summed E-state index contributed by atoms with van der Waals surface area (Å²) in [7, 11) is -3.52. The summed E-state index contributed by atoms with van der Waals surface area (Å²) in [6.45, 7) is 6.94. The molecule has 12 heteroatoms. The van der Waals surface area contributed by atoms with Crippen LogP contribution in [0.1, 0.15) is 30.0 Å². The van der Waals surface area contributed by atoms with Crippen molar-refractivity contribution < 1.29 is 28.3 Å². The van der Waals surface area contributed by atoms with E-state index in [-0.39, 0.29) is 50.4 Å². The topological polar surface area (TPSA) is 102 Å². The van der Waals surface area contributed by atoms with Crippen molar-refractivity contribution in [2.75, 3.05) is 42.6 Å². The van der Waals surface area contributed by atoms with E-state index in [1.807, 2.05) is 61.5 Å². The van der Waals surface area contributed by atoms with Gasteiger partial charge in [0, 0.05) is 53.9 Å². The molecule has 254 valence electrons. The number of amides is 3. The van der Waals surface area contributed by atoms with Gasteiger partial charge in [0.15, 0.2) is 5.60 Å². The van der Waals surface area contributed by atoms with Crippen LogP contribution in [0, 0.1) is 5.92 Å². The summed E-state index contributed by atoms with van der Waals surface area (Å²) in [5.74, 6) is -1.22. The van der Waals surface area contributed by atoms with Gasteiger partial charge in [-0.25, -0.2) is 0 Å². The second-order valence-electron chi connectivity index (χ2n) is 13.4. The van der Waals surface area contributed by atoms with Gasteiger partial charge in [0.05, 0.1) is 37.9 Å². The van der Waals surface area contributed by atoms with Crippen molar-refractivity contribution in [2.24, 2.45) is 5.92 Å². The molecule has 0 aromatic heterocycles. The van der Waals surface area contributed by atoms with Gasteiger partial charge in [0.25, 0.3) is 5.91 Å². The molecule has 0 radical (unpaired) electrons. The largest absolute Gasteiger partial charge is 0.395 e. The predicted molar refractivity (Wildman–Crippen MR) is 186 cm³/mol. The van der Waals surface area contributed by atoms with E-state index in [1.165, 1.54) is 0 Å². The molecule has 3 aliphatic heterocycles. The first-order valence-electron chi connectivity index (χ1n) is 16.5. The number of anilines is 2. The minimum atomic E-state index is -3.52. The Morgan fingerprint density at radius 1 is 1.10 bits per heavy atom. The molecular formula is C36H42ClFN4O5Si. The molecule has 0 aliphatic carbocycles. The molecule has 0 unspecified atom stereocenters. The van der Waals surface area contributed by atoms with E-state index in [2.05, 4.69) is 5.32 Å². The van der Waals surface area contributed by atoms with Crippen LogP contribution < -0.4 is 15.1 Å². The van der Waals surface area contributed by atoms with Crippen molar-refractivity contribution in [3.05, 3.63) is 94.5 Å². The lowest BCUT2D eigenvalue weighted by molar-refractivity contribution is -0.150. The Hall–Kier alpha value is -3.61. The number of carbonyl (C=O) groups is 3. The lowest BCUT2D eigenvalue weighted by atomic mass is 9.82. The second kappa shape index (κ2) is 13.7. The number of carbonyl (C=O) groups excluding carboxylic acids is 3. The van der Waals surface area contributed by atoms with Gasteiger partial charge in [-0.1, -0.05) is 61.0 Å². The van der Waals surface area contributed by atoms with Crippen LogP contribution in [0.4, 0.5) is 15.5 Å². The molecule has 3 aliphatic rings. The van der Waals surface area contributed by atoms with Crippen LogP contribution in [0.3, 0.4) is 0 Å². The van der Waals surface area contributed by atoms with E-state index >= 15 is 4.11 Å². The molecule has 6 rings (SSSR count). The number of hydrogen-bond acceptors (Lipinski definition) is 6. The number of ether oxygens (including phenoxy) is 1. The summed E-state index contributed by atoms with van der Waals surface area (Å²) in [4.78, 5) is 46.2. The molecule has 2 N–H and O–H groups in total. The van der Waals surface area contributed by atoms with Crippen molar-refractivity contribution in [1.29, 1.82) is 0 Å². The van der Waals surface area contributed by atoms with Gasteiger partial charge in [-0.15, -0.1) is 0 Å². The number of aliphatic hydroxyl groups is 1. The summed E-state index contributed by atoms with van der Waals surface area (Å²) < 4.78 is 23.1. The Morgan fingerprint density at radius 2 is 1.85 bits per heavy atom. The molecule has 0 saturated carbocycles. The van der Waals surface area contributed by atoms with Crippen molar-refractivity contribution in [3.63, 3.8) is 0 Å². The first kappa shape index (κ1) is 34.3. The van der Waals surface area contributed by atoms with Crippen LogP contribution in [-0.4, -0.2) is 75.0 Å². The van der Waals surface area contributed by atoms with Gasteiger partial charge in [-0.3, -0.25) is 14.4 Å². The third kappa shape index (κ3) is 6.41. The Bertz CT molecular complexity index is 1690. The number of fused-ring (bicyclic) bond motifs is 2. The molecule has 3 amide bonds. The summed E-state index contributed by atoms with van der Waals surface area (Å²) in [5, 5.41) is 13.3. The van der Waals surface area contributed by atoms with E-state index < -0.39 is 31.6 Å². The van der Waals surface area contributed by atoms with Gasteiger partial charge >= 0.3 is 0 Å².